The SMILES string of the molecule is CCC1CCC(NC(=O)c2ccc(C=CC(=O)O)s2)C1C. The Hall–Kier alpha value is -1.62. The lowest BCUT2D eigenvalue weighted by atomic mass is 9.93. The highest BCUT2D eigenvalue weighted by molar-refractivity contribution is 7.14. The fourth-order valence-electron chi connectivity index (χ4n) is 2.98. The zero-order valence-corrected chi connectivity index (χ0v) is 13.2. The maximum absolute atomic E-state index is 12.3. The van der Waals surface area contributed by atoms with Gasteiger partial charge in [-0.2, -0.15) is 0 Å². The van der Waals surface area contributed by atoms with E-state index in [9.17, 15) is 9.59 Å². The smallest absolute Gasteiger partial charge is 0.328 e. The lowest BCUT2D eigenvalue weighted by Gasteiger charge is -2.20. The Morgan fingerprint density at radius 1 is 1.43 bits per heavy atom. The highest BCUT2D eigenvalue weighted by atomic mass is 32.1. The number of rotatable bonds is 5. The second kappa shape index (κ2) is 6.89. The molecule has 0 radical (unpaired) electrons. The van der Waals surface area contributed by atoms with E-state index in [1.807, 2.05) is 0 Å². The minimum absolute atomic E-state index is 0.0522. The number of carboxylic acid groups (broad SMARTS) is 1. The van der Waals surface area contributed by atoms with Crippen molar-refractivity contribution in [3.05, 3.63) is 28.0 Å². The first-order valence-corrected chi connectivity index (χ1v) is 8.14. The number of nitrogens with one attached hydrogen (secondary N) is 1. The highest BCUT2D eigenvalue weighted by Gasteiger charge is 2.32. The van der Waals surface area contributed by atoms with Crippen LogP contribution in [-0.2, 0) is 4.79 Å². The van der Waals surface area contributed by atoms with Gasteiger partial charge in [-0.1, -0.05) is 20.3 Å². The van der Waals surface area contributed by atoms with Crippen LogP contribution in [0.1, 0.15) is 47.7 Å². The van der Waals surface area contributed by atoms with Crippen LogP contribution in [0.25, 0.3) is 6.08 Å². The number of carbonyl (C=O) groups is 2. The van der Waals surface area contributed by atoms with Gasteiger partial charge < -0.3 is 10.4 Å². The fourth-order valence-corrected chi connectivity index (χ4v) is 3.80. The summed E-state index contributed by atoms with van der Waals surface area (Å²) in [5, 5.41) is 11.7. The molecule has 1 aliphatic rings. The molecule has 3 unspecified atom stereocenters. The van der Waals surface area contributed by atoms with E-state index < -0.39 is 5.97 Å². The van der Waals surface area contributed by atoms with Crippen LogP contribution in [0.5, 0.6) is 0 Å². The number of aliphatic carboxylic acids is 1. The molecular weight excluding hydrogens is 286 g/mol. The molecule has 3 atom stereocenters. The van der Waals surface area contributed by atoms with Crippen LogP contribution in [-0.4, -0.2) is 23.0 Å². The summed E-state index contributed by atoms with van der Waals surface area (Å²) in [5.74, 6) is 0.182. The Labute approximate surface area is 128 Å². The van der Waals surface area contributed by atoms with Gasteiger partial charge in [0.05, 0.1) is 4.88 Å². The molecule has 114 valence electrons. The van der Waals surface area contributed by atoms with Crippen molar-refractivity contribution in [3.63, 3.8) is 0 Å². The molecule has 5 heteroatoms. The van der Waals surface area contributed by atoms with Crippen LogP contribution >= 0.6 is 11.3 Å². The topological polar surface area (TPSA) is 66.4 Å². The van der Waals surface area contributed by atoms with Crippen molar-refractivity contribution in [1.82, 2.24) is 5.32 Å². The third kappa shape index (κ3) is 3.94. The monoisotopic (exact) mass is 307 g/mol. The number of carboxylic acids is 1. The first-order chi connectivity index (χ1) is 10.0. The van der Waals surface area contributed by atoms with Gasteiger partial charge in [-0.25, -0.2) is 4.79 Å². The van der Waals surface area contributed by atoms with E-state index in [1.165, 1.54) is 23.8 Å². The molecule has 0 aromatic carbocycles. The average molecular weight is 307 g/mol. The molecule has 0 bridgehead atoms. The van der Waals surface area contributed by atoms with E-state index in [2.05, 4.69) is 19.2 Å². The maximum Gasteiger partial charge on any atom is 0.328 e. The van der Waals surface area contributed by atoms with Crippen LogP contribution in [0, 0.1) is 11.8 Å². The Balaban J connectivity index is 1.96. The van der Waals surface area contributed by atoms with Crippen molar-refractivity contribution in [2.45, 2.75) is 39.2 Å². The molecule has 0 saturated heterocycles. The second-order valence-corrected chi connectivity index (χ2v) is 6.67. The minimum atomic E-state index is -0.986. The fraction of sp³-hybridized carbons (Fsp3) is 0.500. The predicted molar refractivity (Wildman–Crippen MR) is 84.4 cm³/mol. The molecular formula is C16H21NO3S. The quantitative estimate of drug-likeness (QED) is 0.819. The predicted octanol–water partition coefficient (Wildman–Crippen LogP) is 3.40. The summed E-state index contributed by atoms with van der Waals surface area (Å²) in [6.07, 6.45) is 5.98. The number of amides is 1. The molecule has 21 heavy (non-hydrogen) atoms. The van der Waals surface area contributed by atoms with Crippen molar-refractivity contribution >= 4 is 29.3 Å². The highest BCUT2D eigenvalue weighted by Crippen LogP contribution is 2.34. The zero-order valence-electron chi connectivity index (χ0n) is 12.3. The summed E-state index contributed by atoms with van der Waals surface area (Å²) >= 11 is 1.31. The third-order valence-electron chi connectivity index (χ3n) is 4.31. The van der Waals surface area contributed by atoms with Gasteiger partial charge in [0.2, 0.25) is 0 Å². The van der Waals surface area contributed by atoms with Gasteiger partial charge in [-0.05, 0) is 42.9 Å². The van der Waals surface area contributed by atoms with Gasteiger partial charge in [-0.3, -0.25) is 4.79 Å². The van der Waals surface area contributed by atoms with Crippen molar-refractivity contribution in [2.75, 3.05) is 0 Å². The van der Waals surface area contributed by atoms with Gasteiger partial charge >= 0.3 is 5.97 Å². The summed E-state index contributed by atoms with van der Waals surface area (Å²) < 4.78 is 0. The number of hydrogen-bond acceptors (Lipinski definition) is 3. The molecule has 1 fully saturated rings. The van der Waals surface area contributed by atoms with Gasteiger partial charge in [-0.15, -0.1) is 11.3 Å². The number of thiophene rings is 1. The molecule has 0 aliphatic heterocycles. The van der Waals surface area contributed by atoms with Crippen molar-refractivity contribution in [1.29, 1.82) is 0 Å². The molecule has 1 heterocycles. The Kier molecular flexibility index (Phi) is 5.17. The molecule has 2 N–H and O–H groups in total. The minimum Gasteiger partial charge on any atom is -0.478 e. The molecule has 1 aromatic rings. The molecule has 2 rings (SSSR count). The van der Waals surface area contributed by atoms with E-state index in [0.717, 1.165) is 23.8 Å². The van der Waals surface area contributed by atoms with Crippen LogP contribution in [0.4, 0.5) is 0 Å². The van der Waals surface area contributed by atoms with Gasteiger partial charge in [0, 0.05) is 17.0 Å². The zero-order chi connectivity index (χ0) is 15.4. The third-order valence-corrected chi connectivity index (χ3v) is 5.36. The Bertz CT molecular complexity index is 549. The van der Waals surface area contributed by atoms with Crippen molar-refractivity contribution < 1.29 is 14.7 Å². The van der Waals surface area contributed by atoms with Crippen LogP contribution in [0.15, 0.2) is 18.2 Å². The first kappa shape index (κ1) is 15.8. The molecule has 1 saturated carbocycles. The van der Waals surface area contributed by atoms with E-state index >= 15 is 0 Å². The van der Waals surface area contributed by atoms with E-state index in [4.69, 9.17) is 5.11 Å². The van der Waals surface area contributed by atoms with Crippen molar-refractivity contribution in [2.24, 2.45) is 11.8 Å². The lowest BCUT2D eigenvalue weighted by Crippen LogP contribution is -2.37. The summed E-state index contributed by atoms with van der Waals surface area (Å²) in [4.78, 5) is 24.1. The Morgan fingerprint density at radius 3 is 2.81 bits per heavy atom. The molecule has 4 nitrogen and oxygen atoms in total. The standard InChI is InChI=1S/C16H21NO3S/c1-3-11-4-7-13(10(11)2)17-16(20)14-8-5-12(21-14)6-9-15(18)19/h5-6,8-11,13H,3-4,7H2,1-2H3,(H,17,20)(H,18,19). The molecule has 1 aliphatic carbocycles. The number of carbonyl (C=O) groups excluding carboxylic acids is 1. The van der Waals surface area contributed by atoms with Crippen LogP contribution < -0.4 is 5.32 Å². The van der Waals surface area contributed by atoms with Gasteiger partial charge in [0.1, 0.15) is 0 Å². The molecule has 1 amide bonds. The largest absolute Gasteiger partial charge is 0.478 e. The number of hydrogen-bond donors (Lipinski definition) is 2. The molecule has 0 spiro atoms. The summed E-state index contributed by atoms with van der Waals surface area (Å²) in [5.41, 5.74) is 0. The van der Waals surface area contributed by atoms with Gasteiger partial charge in [0.25, 0.3) is 5.91 Å². The lowest BCUT2D eigenvalue weighted by molar-refractivity contribution is -0.131. The maximum atomic E-state index is 12.3. The molecule has 1 aromatic heterocycles. The summed E-state index contributed by atoms with van der Waals surface area (Å²) in [6, 6.07) is 3.77. The average Bonchev–Trinajstić information content (AvgIpc) is 3.04. The summed E-state index contributed by atoms with van der Waals surface area (Å²) in [7, 11) is 0. The van der Waals surface area contributed by atoms with Crippen LogP contribution in [0.2, 0.25) is 0 Å². The second-order valence-electron chi connectivity index (χ2n) is 5.56. The van der Waals surface area contributed by atoms with Crippen molar-refractivity contribution in [3.8, 4) is 0 Å². The van der Waals surface area contributed by atoms with E-state index in [0.29, 0.717) is 16.7 Å². The van der Waals surface area contributed by atoms with Gasteiger partial charge in [0.15, 0.2) is 0 Å². The van der Waals surface area contributed by atoms with E-state index in [1.54, 1.807) is 12.1 Å². The van der Waals surface area contributed by atoms with E-state index in [-0.39, 0.29) is 11.9 Å². The van der Waals surface area contributed by atoms with Crippen LogP contribution in [0.3, 0.4) is 0 Å². The Morgan fingerprint density at radius 2 is 2.19 bits per heavy atom. The summed E-state index contributed by atoms with van der Waals surface area (Å²) in [6.45, 7) is 4.41. The first-order valence-electron chi connectivity index (χ1n) is 7.33. The normalized spacial score (nSPS) is 25.3.